The van der Waals surface area contributed by atoms with Crippen molar-refractivity contribution >= 4 is 19.0 Å². The smallest absolute Gasteiger partial charge is 0.0694 e. The normalized spacial score (nSPS) is 22.6. The molecule has 3 aliphatic rings. The summed E-state index contributed by atoms with van der Waals surface area (Å²) < 4.78 is 0. The van der Waals surface area contributed by atoms with Gasteiger partial charge in [-0.1, -0.05) is 79.9 Å². The standard InChI is InChI=1S/C26H25NSi/c1-28(2,19-15-14-17-8-7-9-18(17)16-19)26-21-11-4-3-10-20(21)24-22-12-5-6-13-23(22)27-25(24)26/h3-8,10-14,16,19,26-27H,9,15H2,1-2H3. The first-order chi connectivity index (χ1) is 13.6. The maximum Gasteiger partial charge on any atom is 0.0694 e. The van der Waals surface area contributed by atoms with Gasteiger partial charge in [0.2, 0.25) is 0 Å². The average Bonchev–Trinajstić information content (AvgIpc) is 3.39. The molecule has 2 unspecified atom stereocenters. The van der Waals surface area contributed by atoms with Crippen LogP contribution in [-0.2, 0) is 0 Å². The van der Waals surface area contributed by atoms with Gasteiger partial charge in [0.05, 0.1) is 8.07 Å². The molecule has 0 aliphatic heterocycles. The molecule has 2 atom stereocenters. The third kappa shape index (κ3) is 2.12. The van der Waals surface area contributed by atoms with E-state index in [1.165, 1.54) is 39.7 Å². The second-order valence-electron chi connectivity index (χ2n) is 9.10. The number of para-hydroxylation sites is 1. The zero-order valence-corrected chi connectivity index (χ0v) is 17.5. The summed E-state index contributed by atoms with van der Waals surface area (Å²) >= 11 is 0. The Hall–Kier alpha value is -2.58. The van der Waals surface area contributed by atoms with Crippen molar-refractivity contribution in [3.05, 3.63) is 95.2 Å². The lowest BCUT2D eigenvalue weighted by molar-refractivity contribution is 0.900. The molecule has 0 fully saturated rings. The van der Waals surface area contributed by atoms with Crippen molar-refractivity contribution in [2.45, 2.75) is 37.0 Å². The van der Waals surface area contributed by atoms with Crippen LogP contribution in [-0.4, -0.2) is 13.1 Å². The molecular weight excluding hydrogens is 354 g/mol. The van der Waals surface area contributed by atoms with Crippen LogP contribution in [0.15, 0.2) is 84.0 Å². The molecular formula is C26H25NSi. The lowest BCUT2D eigenvalue weighted by atomic mass is 10.0. The zero-order valence-electron chi connectivity index (χ0n) is 16.5. The number of allylic oxidation sites excluding steroid dienone is 6. The molecule has 3 aliphatic carbocycles. The summed E-state index contributed by atoms with van der Waals surface area (Å²) in [6.45, 7) is 5.22. The lowest BCUT2D eigenvalue weighted by Crippen LogP contribution is -2.40. The summed E-state index contributed by atoms with van der Waals surface area (Å²) in [7, 11) is -1.67. The summed E-state index contributed by atoms with van der Waals surface area (Å²) in [5, 5.41) is 1.38. The van der Waals surface area contributed by atoms with Gasteiger partial charge < -0.3 is 4.98 Å². The summed E-state index contributed by atoms with van der Waals surface area (Å²) in [4.78, 5) is 3.85. The van der Waals surface area contributed by atoms with Crippen LogP contribution >= 0.6 is 0 Å². The summed E-state index contributed by atoms with van der Waals surface area (Å²) in [5.74, 6) is 0. The Morgan fingerprint density at radius 2 is 1.82 bits per heavy atom. The van der Waals surface area contributed by atoms with Gasteiger partial charge in [0.25, 0.3) is 0 Å². The van der Waals surface area contributed by atoms with Gasteiger partial charge in [-0.05, 0) is 46.7 Å². The highest BCUT2D eigenvalue weighted by atomic mass is 28.3. The minimum atomic E-state index is -1.67. The van der Waals surface area contributed by atoms with Gasteiger partial charge in [0, 0.05) is 27.7 Å². The molecule has 0 amide bonds. The molecule has 0 bridgehead atoms. The fraction of sp³-hybridized carbons (Fsp3) is 0.231. The Kier molecular flexibility index (Phi) is 3.34. The van der Waals surface area contributed by atoms with E-state index in [1.54, 1.807) is 11.1 Å². The van der Waals surface area contributed by atoms with Crippen LogP contribution in [0.1, 0.15) is 29.6 Å². The van der Waals surface area contributed by atoms with Gasteiger partial charge in [-0.25, -0.2) is 0 Å². The van der Waals surface area contributed by atoms with Gasteiger partial charge >= 0.3 is 0 Å². The monoisotopic (exact) mass is 379 g/mol. The van der Waals surface area contributed by atoms with E-state index in [2.05, 4.69) is 90.9 Å². The van der Waals surface area contributed by atoms with Crippen LogP contribution in [0, 0.1) is 0 Å². The highest BCUT2D eigenvalue weighted by Crippen LogP contribution is 2.55. The number of hydrogen-bond acceptors (Lipinski definition) is 0. The minimum absolute atomic E-state index is 0.525. The Balaban J connectivity index is 1.53. The number of H-pyrrole nitrogens is 1. The second kappa shape index (κ2) is 5.71. The molecule has 138 valence electrons. The van der Waals surface area contributed by atoms with Crippen molar-refractivity contribution in [2.24, 2.45) is 0 Å². The van der Waals surface area contributed by atoms with Crippen LogP contribution in [0.5, 0.6) is 0 Å². The molecule has 2 heteroatoms. The molecule has 1 nitrogen and oxygen atoms in total. The predicted molar refractivity (Wildman–Crippen MR) is 121 cm³/mol. The molecule has 1 aromatic heterocycles. The van der Waals surface area contributed by atoms with Crippen molar-refractivity contribution in [1.82, 2.24) is 4.98 Å². The molecule has 0 saturated carbocycles. The Morgan fingerprint density at radius 3 is 2.75 bits per heavy atom. The quantitative estimate of drug-likeness (QED) is 0.456. The van der Waals surface area contributed by atoms with E-state index >= 15 is 0 Å². The van der Waals surface area contributed by atoms with Crippen molar-refractivity contribution in [3.63, 3.8) is 0 Å². The second-order valence-corrected chi connectivity index (χ2v) is 14.1. The van der Waals surface area contributed by atoms with Gasteiger partial charge in [0.1, 0.15) is 0 Å². The van der Waals surface area contributed by atoms with Gasteiger partial charge in [-0.3, -0.25) is 0 Å². The third-order valence-corrected chi connectivity index (χ3v) is 11.7. The van der Waals surface area contributed by atoms with Crippen molar-refractivity contribution in [2.75, 3.05) is 0 Å². The Morgan fingerprint density at radius 1 is 1.00 bits per heavy atom. The van der Waals surface area contributed by atoms with E-state index in [-0.39, 0.29) is 0 Å². The van der Waals surface area contributed by atoms with Gasteiger partial charge in [-0.15, -0.1) is 0 Å². The van der Waals surface area contributed by atoms with Crippen LogP contribution in [0.4, 0.5) is 0 Å². The van der Waals surface area contributed by atoms with E-state index in [1.807, 2.05) is 0 Å². The highest BCUT2D eigenvalue weighted by molar-refractivity contribution is 6.81. The predicted octanol–water partition coefficient (Wildman–Crippen LogP) is 7.11. The highest BCUT2D eigenvalue weighted by Gasteiger charge is 2.46. The maximum absolute atomic E-state index is 3.85. The van der Waals surface area contributed by atoms with E-state index in [9.17, 15) is 0 Å². The van der Waals surface area contributed by atoms with Crippen LogP contribution < -0.4 is 0 Å². The van der Waals surface area contributed by atoms with E-state index < -0.39 is 8.07 Å². The first-order valence-corrected chi connectivity index (χ1v) is 13.6. The van der Waals surface area contributed by atoms with Crippen LogP contribution in [0.2, 0.25) is 18.6 Å². The summed E-state index contributed by atoms with van der Waals surface area (Å²) in [5.41, 5.74) is 11.4. The molecule has 1 N–H and O–H groups in total. The van der Waals surface area contributed by atoms with Crippen LogP contribution in [0.3, 0.4) is 0 Å². The molecule has 28 heavy (non-hydrogen) atoms. The van der Waals surface area contributed by atoms with Crippen LogP contribution in [0.25, 0.3) is 22.0 Å². The largest absolute Gasteiger partial charge is 0.358 e. The molecule has 0 radical (unpaired) electrons. The van der Waals surface area contributed by atoms with Crippen molar-refractivity contribution in [1.29, 1.82) is 0 Å². The maximum atomic E-state index is 3.85. The minimum Gasteiger partial charge on any atom is -0.358 e. The Bertz CT molecular complexity index is 1200. The number of nitrogens with one attached hydrogen (secondary N) is 1. The van der Waals surface area contributed by atoms with Crippen molar-refractivity contribution < 1.29 is 0 Å². The SMILES string of the molecule is C[Si](C)(C1C=C2CC=CC2=CC1)C1c2ccccc2-c2c1[nH]c1ccccc21. The summed E-state index contributed by atoms with van der Waals surface area (Å²) in [6.07, 6.45) is 12.0. The number of fused-ring (bicyclic) bond motifs is 6. The first-order valence-electron chi connectivity index (χ1n) is 10.4. The number of rotatable bonds is 2. The average molecular weight is 380 g/mol. The number of hydrogen-bond donors (Lipinski definition) is 1. The fourth-order valence-electron chi connectivity index (χ4n) is 5.77. The topological polar surface area (TPSA) is 15.8 Å². The van der Waals surface area contributed by atoms with E-state index in [4.69, 9.17) is 0 Å². The van der Waals surface area contributed by atoms with Gasteiger partial charge in [0.15, 0.2) is 0 Å². The number of aromatic amines is 1. The van der Waals surface area contributed by atoms with Gasteiger partial charge in [-0.2, -0.15) is 0 Å². The molecule has 0 saturated heterocycles. The fourth-order valence-corrected chi connectivity index (χ4v) is 9.57. The molecule has 2 aromatic carbocycles. The van der Waals surface area contributed by atoms with E-state index in [0.29, 0.717) is 11.1 Å². The molecule has 3 aromatic rings. The first kappa shape index (κ1) is 16.4. The molecule has 1 heterocycles. The number of aromatic nitrogens is 1. The van der Waals surface area contributed by atoms with E-state index in [0.717, 1.165) is 6.42 Å². The third-order valence-electron chi connectivity index (χ3n) is 7.26. The molecule has 0 spiro atoms. The lowest BCUT2D eigenvalue weighted by Gasteiger charge is -2.38. The molecule has 6 rings (SSSR count). The summed E-state index contributed by atoms with van der Waals surface area (Å²) in [6, 6.07) is 17.9. The zero-order chi connectivity index (χ0) is 18.9. The van der Waals surface area contributed by atoms with Crippen molar-refractivity contribution in [3.8, 4) is 11.1 Å². The number of benzene rings is 2. The Labute approximate surface area is 167 Å².